The number of ether oxygens (including phenoxy) is 1. The molecule has 1 aliphatic rings. The Morgan fingerprint density at radius 2 is 1.85 bits per heavy atom. The Bertz CT molecular complexity index is 567. The van der Waals surface area contributed by atoms with Crippen molar-refractivity contribution in [2.45, 2.75) is 71.1 Å². The summed E-state index contributed by atoms with van der Waals surface area (Å²) in [5, 5.41) is 11.7. The maximum atomic E-state index is 11.5. The molecule has 1 aromatic carbocycles. The van der Waals surface area contributed by atoms with Gasteiger partial charge in [0.2, 0.25) is 0 Å². The molecule has 146 valence electrons. The quantitative estimate of drug-likeness (QED) is 0.756. The predicted octanol–water partition coefficient (Wildman–Crippen LogP) is 3.86. The summed E-state index contributed by atoms with van der Waals surface area (Å²) in [5.74, 6) is -1.12. The third-order valence-corrected chi connectivity index (χ3v) is 4.07. The second-order valence-corrected chi connectivity index (χ2v) is 7.74. The number of nitrogens with one attached hydrogen (secondary N) is 1. The van der Waals surface area contributed by atoms with Crippen molar-refractivity contribution >= 4 is 12.1 Å². The van der Waals surface area contributed by atoms with E-state index < -0.39 is 17.7 Å². The van der Waals surface area contributed by atoms with Crippen LogP contribution in [0.15, 0.2) is 30.3 Å². The molecule has 1 amide bonds. The monoisotopic (exact) mass is 364 g/mol. The van der Waals surface area contributed by atoms with E-state index in [0.717, 1.165) is 12.8 Å². The molecule has 0 aromatic heterocycles. The molecule has 1 fully saturated rings. The highest BCUT2D eigenvalue weighted by molar-refractivity contribution is 5.71. The van der Waals surface area contributed by atoms with Crippen LogP contribution in [0.1, 0.15) is 65.0 Å². The molecule has 0 aliphatic heterocycles. The minimum Gasteiger partial charge on any atom is -0.481 e. The molecule has 1 aliphatic carbocycles. The van der Waals surface area contributed by atoms with Crippen molar-refractivity contribution < 1.29 is 19.4 Å². The number of hydrogen-bond acceptors (Lipinski definition) is 4. The van der Waals surface area contributed by atoms with Crippen molar-refractivity contribution in [3.8, 4) is 0 Å². The Labute approximate surface area is 156 Å². The van der Waals surface area contributed by atoms with E-state index in [-0.39, 0.29) is 18.0 Å². The Morgan fingerprint density at radius 3 is 2.31 bits per heavy atom. The van der Waals surface area contributed by atoms with Gasteiger partial charge < -0.3 is 20.9 Å². The van der Waals surface area contributed by atoms with Crippen molar-refractivity contribution in [1.82, 2.24) is 5.32 Å². The second kappa shape index (κ2) is 10.2. The number of carboxylic acids is 1. The maximum absolute atomic E-state index is 11.5. The lowest BCUT2D eigenvalue weighted by Gasteiger charge is -2.28. The van der Waals surface area contributed by atoms with Crippen LogP contribution in [-0.2, 0) is 9.53 Å². The third-order valence-electron chi connectivity index (χ3n) is 4.07. The van der Waals surface area contributed by atoms with Crippen molar-refractivity contribution in [1.29, 1.82) is 0 Å². The largest absolute Gasteiger partial charge is 0.481 e. The van der Waals surface area contributed by atoms with Crippen LogP contribution in [0.3, 0.4) is 0 Å². The summed E-state index contributed by atoms with van der Waals surface area (Å²) < 4.78 is 5.14. The molecule has 4 N–H and O–H groups in total. The zero-order chi connectivity index (χ0) is 19.7. The van der Waals surface area contributed by atoms with Crippen LogP contribution in [0.2, 0.25) is 0 Å². The summed E-state index contributed by atoms with van der Waals surface area (Å²) in [6.45, 7) is 7.38. The Kier molecular flexibility index (Phi) is 8.58. The van der Waals surface area contributed by atoms with Crippen molar-refractivity contribution in [3.63, 3.8) is 0 Å². The first-order valence-electron chi connectivity index (χ1n) is 9.11. The zero-order valence-corrected chi connectivity index (χ0v) is 16.2. The normalized spacial score (nSPS) is 21.0. The lowest BCUT2D eigenvalue weighted by molar-refractivity contribution is -0.143. The first-order chi connectivity index (χ1) is 12.1. The average molecular weight is 364 g/mol. The van der Waals surface area contributed by atoms with Crippen molar-refractivity contribution in [2.24, 2.45) is 11.7 Å². The summed E-state index contributed by atoms with van der Waals surface area (Å²) in [4.78, 5) is 22.4. The summed E-state index contributed by atoms with van der Waals surface area (Å²) in [5.41, 5.74) is 6.28. The van der Waals surface area contributed by atoms with Gasteiger partial charge in [-0.2, -0.15) is 0 Å². The SMILES string of the molecule is CC(C)(C)OC(=O)NC1CCCC(C(=O)O)C1.CC(N)c1ccccc1. The Morgan fingerprint density at radius 1 is 1.23 bits per heavy atom. The van der Waals surface area contributed by atoms with Gasteiger partial charge in [-0.15, -0.1) is 0 Å². The topological polar surface area (TPSA) is 102 Å². The number of carbonyl (C=O) groups is 2. The minimum atomic E-state index is -0.777. The van der Waals surface area contributed by atoms with E-state index in [1.54, 1.807) is 20.8 Å². The number of alkyl carbamates (subject to hydrolysis) is 1. The number of amides is 1. The van der Waals surface area contributed by atoms with Crippen molar-refractivity contribution in [2.75, 3.05) is 0 Å². The third kappa shape index (κ3) is 8.85. The number of nitrogens with two attached hydrogens (primary N) is 1. The van der Waals surface area contributed by atoms with Gasteiger partial charge in [-0.05, 0) is 52.5 Å². The number of hydrogen-bond donors (Lipinski definition) is 3. The lowest BCUT2D eigenvalue weighted by Crippen LogP contribution is -2.42. The Hall–Kier alpha value is -2.08. The molecule has 2 rings (SSSR count). The number of carboxylic acid groups (broad SMARTS) is 1. The highest BCUT2D eigenvalue weighted by Crippen LogP contribution is 2.24. The van der Waals surface area contributed by atoms with E-state index in [1.807, 2.05) is 37.3 Å². The molecule has 6 nitrogen and oxygen atoms in total. The van der Waals surface area contributed by atoms with Gasteiger partial charge in [0, 0.05) is 12.1 Å². The summed E-state index contributed by atoms with van der Waals surface area (Å²) >= 11 is 0. The standard InChI is InChI=1S/C12H21NO4.C8H11N/c1-12(2,3)17-11(16)13-9-6-4-5-8(7-9)10(14)15;1-7(9)8-5-3-2-4-6-8/h8-9H,4-7H2,1-3H3,(H,13,16)(H,14,15);2-7H,9H2,1H3. The van der Waals surface area contributed by atoms with Crippen LogP contribution >= 0.6 is 0 Å². The summed E-state index contributed by atoms with van der Waals surface area (Å²) in [6.07, 6.45) is 2.38. The number of aliphatic carboxylic acids is 1. The van der Waals surface area contributed by atoms with Crippen LogP contribution in [0.4, 0.5) is 4.79 Å². The van der Waals surface area contributed by atoms with E-state index in [2.05, 4.69) is 5.32 Å². The smallest absolute Gasteiger partial charge is 0.407 e. The minimum absolute atomic E-state index is 0.0836. The molecule has 3 atom stereocenters. The van der Waals surface area contributed by atoms with Crippen LogP contribution in [0.25, 0.3) is 0 Å². The molecule has 0 saturated heterocycles. The highest BCUT2D eigenvalue weighted by atomic mass is 16.6. The fourth-order valence-corrected chi connectivity index (χ4v) is 2.78. The maximum Gasteiger partial charge on any atom is 0.407 e. The van der Waals surface area contributed by atoms with Crippen LogP contribution < -0.4 is 11.1 Å². The molecule has 0 bridgehead atoms. The van der Waals surface area contributed by atoms with Crippen molar-refractivity contribution in [3.05, 3.63) is 35.9 Å². The van der Waals surface area contributed by atoms with Gasteiger partial charge >= 0.3 is 12.1 Å². The average Bonchev–Trinajstić information content (AvgIpc) is 2.54. The predicted molar refractivity (Wildman–Crippen MR) is 102 cm³/mol. The Balaban J connectivity index is 0.000000314. The first-order valence-corrected chi connectivity index (χ1v) is 9.11. The number of rotatable bonds is 3. The van der Waals surface area contributed by atoms with Crippen LogP contribution in [0.5, 0.6) is 0 Å². The molecule has 26 heavy (non-hydrogen) atoms. The van der Waals surface area contributed by atoms with E-state index >= 15 is 0 Å². The van der Waals surface area contributed by atoms with Gasteiger partial charge in [-0.3, -0.25) is 4.79 Å². The van der Waals surface area contributed by atoms with Gasteiger partial charge in [-0.1, -0.05) is 36.8 Å². The van der Waals surface area contributed by atoms with E-state index in [0.29, 0.717) is 12.8 Å². The number of benzene rings is 1. The van der Waals surface area contributed by atoms with Crippen LogP contribution in [0, 0.1) is 5.92 Å². The first kappa shape index (κ1) is 22.0. The molecular weight excluding hydrogens is 332 g/mol. The molecule has 3 unspecified atom stereocenters. The van der Waals surface area contributed by atoms with Gasteiger partial charge in [-0.25, -0.2) is 4.79 Å². The fraction of sp³-hybridized carbons (Fsp3) is 0.600. The zero-order valence-electron chi connectivity index (χ0n) is 16.2. The molecule has 6 heteroatoms. The van der Waals surface area contributed by atoms with Gasteiger partial charge in [0.1, 0.15) is 5.60 Å². The molecule has 0 heterocycles. The van der Waals surface area contributed by atoms with Gasteiger partial charge in [0.25, 0.3) is 0 Å². The molecule has 1 aromatic rings. The summed E-state index contributed by atoms with van der Waals surface area (Å²) in [6, 6.07) is 10.1. The fourth-order valence-electron chi connectivity index (χ4n) is 2.78. The van der Waals surface area contributed by atoms with Gasteiger partial charge in [0.05, 0.1) is 5.92 Å². The molecular formula is C20H32N2O4. The van der Waals surface area contributed by atoms with E-state index in [1.165, 1.54) is 5.56 Å². The molecule has 1 saturated carbocycles. The van der Waals surface area contributed by atoms with Crippen LogP contribution in [-0.4, -0.2) is 28.8 Å². The lowest BCUT2D eigenvalue weighted by atomic mass is 9.86. The number of carbonyl (C=O) groups excluding carboxylic acids is 1. The van der Waals surface area contributed by atoms with Gasteiger partial charge in [0.15, 0.2) is 0 Å². The highest BCUT2D eigenvalue weighted by Gasteiger charge is 2.28. The summed E-state index contributed by atoms with van der Waals surface area (Å²) in [7, 11) is 0. The van der Waals surface area contributed by atoms with E-state index in [4.69, 9.17) is 15.6 Å². The molecule has 0 spiro atoms. The molecule has 0 radical (unpaired) electrons. The second-order valence-electron chi connectivity index (χ2n) is 7.74. The van der Waals surface area contributed by atoms with E-state index in [9.17, 15) is 9.59 Å².